The molecule has 1 aliphatic carbocycles. The number of imidazole rings is 1. The van der Waals surface area contributed by atoms with Crippen molar-refractivity contribution in [1.82, 2.24) is 14.6 Å². The van der Waals surface area contributed by atoms with E-state index in [-0.39, 0.29) is 17.7 Å². The number of anilines is 2. The molecule has 0 radical (unpaired) electrons. The second-order valence-corrected chi connectivity index (χ2v) is 8.34. The molecule has 154 valence electrons. The quantitative estimate of drug-likeness (QED) is 0.472. The monoisotopic (exact) mass is 429 g/mol. The molecule has 0 spiro atoms. The fraction of sp³-hybridized carbons (Fsp3) is 0.130. The minimum absolute atomic E-state index is 0.0105. The van der Waals surface area contributed by atoms with Gasteiger partial charge in [-0.15, -0.1) is 0 Å². The normalized spacial score (nSPS) is 13.2. The Bertz CT molecular complexity index is 1270. The van der Waals surface area contributed by atoms with Crippen LogP contribution in [-0.2, 0) is 4.79 Å². The van der Waals surface area contributed by atoms with Crippen LogP contribution in [0.5, 0.6) is 0 Å². The number of carbonyl (C=O) groups excluding carboxylic acids is 2. The molecule has 5 rings (SSSR count). The van der Waals surface area contributed by atoms with Crippen molar-refractivity contribution in [3.05, 3.63) is 78.5 Å². The number of amides is 2. The Morgan fingerprint density at radius 1 is 0.935 bits per heavy atom. The molecule has 2 heterocycles. The number of nitrogens with one attached hydrogen (secondary N) is 2. The van der Waals surface area contributed by atoms with Gasteiger partial charge in [0, 0.05) is 16.5 Å². The maximum atomic E-state index is 12.8. The van der Waals surface area contributed by atoms with Gasteiger partial charge in [0.25, 0.3) is 5.91 Å². The van der Waals surface area contributed by atoms with E-state index in [0.717, 1.165) is 23.4 Å². The van der Waals surface area contributed by atoms with E-state index in [9.17, 15) is 9.59 Å². The molecule has 1 fully saturated rings. The van der Waals surface area contributed by atoms with E-state index in [1.54, 1.807) is 16.8 Å². The SMILES string of the molecule is O=C(Nc1ccccc1)c1ccccc1Sc1ccc2nc(NC(=O)C3CC3)cn2n1. The van der Waals surface area contributed by atoms with Gasteiger partial charge in [-0.2, -0.15) is 5.10 Å². The molecule has 0 aliphatic heterocycles. The molecule has 2 aromatic carbocycles. The maximum absolute atomic E-state index is 12.8. The van der Waals surface area contributed by atoms with E-state index in [2.05, 4.69) is 20.7 Å². The molecule has 2 aromatic heterocycles. The van der Waals surface area contributed by atoms with Gasteiger partial charge >= 0.3 is 0 Å². The van der Waals surface area contributed by atoms with Gasteiger partial charge in [-0.05, 0) is 49.2 Å². The van der Waals surface area contributed by atoms with Crippen LogP contribution in [-0.4, -0.2) is 26.4 Å². The van der Waals surface area contributed by atoms with Crippen molar-refractivity contribution < 1.29 is 9.59 Å². The van der Waals surface area contributed by atoms with Gasteiger partial charge in [0.2, 0.25) is 5.91 Å². The van der Waals surface area contributed by atoms with Crippen LogP contribution in [0.15, 0.2) is 82.8 Å². The summed E-state index contributed by atoms with van der Waals surface area (Å²) in [7, 11) is 0. The van der Waals surface area contributed by atoms with Crippen LogP contribution in [0.2, 0.25) is 0 Å². The van der Waals surface area contributed by atoms with E-state index in [1.165, 1.54) is 11.8 Å². The van der Waals surface area contributed by atoms with Crippen LogP contribution < -0.4 is 10.6 Å². The summed E-state index contributed by atoms with van der Waals surface area (Å²) in [6.07, 6.45) is 3.58. The van der Waals surface area contributed by atoms with Gasteiger partial charge in [-0.1, -0.05) is 42.1 Å². The summed E-state index contributed by atoms with van der Waals surface area (Å²) in [6.45, 7) is 0. The average Bonchev–Trinajstić information content (AvgIpc) is 3.56. The van der Waals surface area contributed by atoms with Crippen molar-refractivity contribution >= 4 is 40.7 Å². The smallest absolute Gasteiger partial charge is 0.256 e. The Kier molecular flexibility index (Phi) is 5.13. The molecule has 4 aromatic rings. The van der Waals surface area contributed by atoms with E-state index in [1.807, 2.05) is 60.7 Å². The molecule has 7 nitrogen and oxygen atoms in total. The number of fused-ring (bicyclic) bond motifs is 1. The van der Waals surface area contributed by atoms with Crippen molar-refractivity contribution in [1.29, 1.82) is 0 Å². The average molecular weight is 430 g/mol. The van der Waals surface area contributed by atoms with Gasteiger partial charge in [-0.25, -0.2) is 9.50 Å². The van der Waals surface area contributed by atoms with Crippen LogP contribution >= 0.6 is 11.8 Å². The van der Waals surface area contributed by atoms with E-state index >= 15 is 0 Å². The molecule has 2 N–H and O–H groups in total. The topological polar surface area (TPSA) is 88.4 Å². The largest absolute Gasteiger partial charge is 0.322 e. The van der Waals surface area contributed by atoms with Crippen LogP contribution in [0.25, 0.3) is 5.65 Å². The standard InChI is InChI=1S/C23H19N5O2S/c29-22(15-10-11-15)26-19-14-28-20(25-19)12-13-21(27-28)31-18-9-5-4-8-17(18)23(30)24-16-6-2-1-3-7-16/h1-9,12-15H,10-11H2,(H,24,30)(H,26,29). The summed E-state index contributed by atoms with van der Waals surface area (Å²) >= 11 is 1.40. The highest BCUT2D eigenvalue weighted by molar-refractivity contribution is 7.99. The lowest BCUT2D eigenvalue weighted by Crippen LogP contribution is -2.13. The Morgan fingerprint density at radius 2 is 1.71 bits per heavy atom. The molecular weight excluding hydrogens is 410 g/mol. The predicted octanol–water partition coefficient (Wildman–Crippen LogP) is 4.48. The number of rotatable bonds is 6. The number of para-hydroxylation sites is 1. The van der Waals surface area contributed by atoms with Crippen molar-refractivity contribution in [2.45, 2.75) is 22.8 Å². The number of carbonyl (C=O) groups is 2. The first kappa shape index (κ1) is 19.3. The highest BCUT2D eigenvalue weighted by atomic mass is 32.2. The summed E-state index contributed by atoms with van der Waals surface area (Å²) < 4.78 is 1.64. The molecule has 0 bridgehead atoms. The molecular formula is C23H19N5O2S. The number of aromatic nitrogens is 3. The van der Waals surface area contributed by atoms with Gasteiger partial charge in [-0.3, -0.25) is 9.59 Å². The molecule has 1 aliphatic rings. The molecule has 0 atom stereocenters. The van der Waals surface area contributed by atoms with Crippen LogP contribution in [0, 0.1) is 5.92 Å². The van der Waals surface area contributed by atoms with Crippen molar-refractivity contribution in [3.63, 3.8) is 0 Å². The van der Waals surface area contributed by atoms with E-state index in [0.29, 0.717) is 22.1 Å². The van der Waals surface area contributed by atoms with Gasteiger partial charge in [0.05, 0.1) is 11.8 Å². The van der Waals surface area contributed by atoms with Gasteiger partial charge in [0.1, 0.15) is 5.03 Å². The van der Waals surface area contributed by atoms with Crippen LogP contribution in [0.4, 0.5) is 11.5 Å². The first-order valence-corrected chi connectivity index (χ1v) is 10.8. The summed E-state index contributed by atoms with van der Waals surface area (Å²) in [6, 6.07) is 20.5. The second kappa shape index (κ2) is 8.23. The molecule has 1 saturated carbocycles. The fourth-order valence-electron chi connectivity index (χ4n) is 3.13. The lowest BCUT2D eigenvalue weighted by Gasteiger charge is -2.09. The zero-order chi connectivity index (χ0) is 21.2. The lowest BCUT2D eigenvalue weighted by atomic mass is 10.2. The Balaban J connectivity index is 1.35. The Morgan fingerprint density at radius 3 is 2.52 bits per heavy atom. The third-order valence-electron chi connectivity index (χ3n) is 4.87. The number of benzene rings is 2. The molecule has 2 amide bonds. The summed E-state index contributed by atoms with van der Waals surface area (Å²) in [4.78, 5) is 30.0. The minimum Gasteiger partial charge on any atom is -0.322 e. The summed E-state index contributed by atoms with van der Waals surface area (Å²) in [5, 5.41) is 11.1. The number of hydrogen-bond acceptors (Lipinski definition) is 5. The van der Waals surface area contributed by atoms with Crippen molar-refractivity contribution in [3.8, 4) is 0 Å². The number of nitrogens with zero attached hydrogens (tertiary/aromatic N) is 3. The summed E-state index contributed by atoms with van der Waals surface area (Å²) in [5.41, 5.74) is 1.96. The second-order valence-electron chi connectivity index (χ2n) is 7.28. The third kappa shape index (κ3) is 4.44. The van der Waals surface area contributed by atoms with Gasteiger partial charge in [0.15, 0.2) is 11.5 Å². The molecule has 31 heavy (non-hydrogen) atoms. The first-order valence-electron chi connectivity index (χ1n) is 9.96. The Labute approximate surface area is 182 Å². The van der Waals surface area contributed by atoms with Crippen molar-refractivity contribution in [2.75, 3.05) is 10.6 Å². The highest BCUT2D eigenvalue weighted by Crippen LogP contribution is 2.31. The summed E-state index contributed by atoms with van der Waals surface area (Å²) in [5.74, 6) is 0.441. The van der Waals surface area contributed by atoms with Crippen molar-refractivity contribution in [2.24, 2.45) is 5.92 Å². The fourth-order valence-corrected chi connectivity index (χ4v) is 4.04. The predicted molar refractivity (Wildman–Crippen MR) is 119 cm³/mol. The van der Waals surface area contributed by atoms with Gasteiger partial charge < -0.3 is 10.6 Å². The minimum atomic E-state index is -0.178. The molecule has 0 unspecified atom stereocenters. The van der Waals surface area contributed by atoms with E-state index < -0.39 is 0 Å². The molecule has 0 saturated heterocycles. The zero-order valence-corrected chi connectivity index (χ0v) is 17.3. The third-order valence-corrected chi connectivity index (χ3v) is 5.88. The highest BCUT2D eigenvalue weighted by Gasteiger charge is 2.30. The lowest BCUT2D eigenvalue weighted by molar-refractivity contribution is -0.117. The maximum Gasteiger partial charge on any atom is 0.256 e. The zero-order valence-electron chi connectivity index (χ0n) is 16.5. The first-order chi connectivity index (χ1) is 15.2. The van der Waals surface area contributed by atoms with E-state index in [4.69, 9.17) is 0 Å². The van der Waals surface area contributed by atoms with Crippen LogP contribution in [0.1, 0.15) is 23.2 Å². The molecule has 8 heteroatoms. The Hall–Kier alpha value is -3.65. The number of hydrogen-bond donors (Lipinski definition) is 2. The van der Waals surface area contributed by atoms with Crippen LogP contribution in [0.3, 0.4) is 0 Å².